The van der Waals surface area contributed by atoms with Crippen LogP contribution in [0, 0.1) is 0 Å². The third-order valence-electron chi connectivity index (χ3n) is 2.43. The van der Waals surface area contributed by atoms with Crippen LogP contribution in [0.25, 0.3) is 0 Å². The van der Waals surface area contributed by atoms with Gasteiger partial charge in [0.15, 0.2) is 5.82 Å². The number of hydrogen-bond acceptors (Lipinski definition) is 5. The van der Waals surface area contributed by atoms with Gasteiger partial charge in [0.05, 0.1) is 18.8 Å². The van der Waals surface area contributed by atoms with Gasteiger partial charge in [-0.1, -0.05) is 19.0 Å². The minimum atomic E-state index is -0.316. The molecular formula is C11H21N3O2. The quantitative estimate of drug-likeness (QED) is 0.804. The summed E-state index contributed by atoms with van der Waals surface area (Å²) < 4.78 is 10.6. The molecule has 0 aliphatic carbocycles. The minimum Gasteiger partial charge on any atom is -0.377 e. The maximum atomic E-state index is 5.89. The molecule has 0 aromatic carbocycles. The van der Waals surface area contributed by atoms with E-state index >= 15 is 0 Å². The monoisotopic (exact) mass is 227 g/mol. The Morgan fingerprint density at radius 1 is 1.38 bits per heavy atom. The molecule has 0 saturated heterocycles. The second-order valence-electron chi connectivity index (χ2n) is 4.29. The van der Waals surface area contributed by atoms with E-state index in [-0.39, 0.29) is 18.1 Å². The zero-order valence-corrected chi connectivity index (χ0v) is 10.4. The average molecular weight is 227 g/mol. The average Bonchev–Trinajstić information content (AvgIpc) is 2.74. The first kappa shape index (κ1) is 13.1. The van der Waals surface area contributed by atoms with Crippen LogP contribution in [0.3, 0.4) is 0 Å². The van der Waals surface area contributed by atoms with E-state index in [2.05, 4.69) is 17.1 Å². The predicted octanol–water partition coefficient (Wildman–Crippen LogP) is 2.01. The van der Waals surface area contributed by atoms with Crippen LogP contribution in [0.4, 0.5) is 0 Å². The van der Waals surface area contributed by atoms with Crippen molar-refractivity contribution in [3.63, 3.8) is 0 Å². The van der Waals surface area contributed by atoms with Crippen molar-refractivity contribution in [1.82, 2.24) is 10.1 Å². The van der Waals surface area contributed by atoms with Crippen molar-refractivity contribution >= 4 is 0 Å². The second kappa shape index (κ2) is 5.96. The molecule has 0 aliphatic rings. The highest BCUT2D eigenvalue weighted by Crippen LogP contribution is 2.17. The summed E-state index contributed by atoms with van der Waals surface area (Å²) in [6.07, 6.45) is 1.13. The third kappa shape index (κ3) is 3.57. The maximum absolute atomic E-state index is 5.89. The number of nitrogens with two attached hydrogens (primary N) is 1. The predicted molar refractivity (Wildman–Crippen MR) is 61.0 cm³/mol. The van der Waals surface area contributed by atoms with Crippen molar-refractivity contribution in [2.75, 3.05) is 6.61 Å². The standard InChI is InChI=1S/C11H21N3O2/c1-5-8(4)11-13-10(14-16-11)9(12)6-15-7(2)3/h7-9H,5-6,12H2,1-4H3. The summed E-state index contributed by atoms with van der Waals surface area (Å²) in [7, 11) is 0. The van der Waals surface area contributed by atoms with E-state index in [1.165, 1.54) is 0 Å². The molecule has 1 heterocycles. The lowest BCUT2D eigenvalue weighted by molar-refractivity contribution is 0.0665. The minimum absolute atomic E-state index is 0.159. The van der Waals surface area contributed by atoms with E-state index in [1.807, 2.05) is 20.8 Å². The molecule has 1 aromatic rings. The molecule has 0 amide bonds. The Bertz CT molecular complexity index is 312. The van der Waals surface area contributed by atoms with Gasteiger partial charge in [-0.3, -0.25) is 0 Å². The van der Waals surface area contributed by atoms with E-state index in [0.29, 0.717) is 18.3 Å². The zero-order chi connectivity index (χ0) is 12.1. The normalized spacial score (nSPS) is 15.4. The van der Waals surface area contributed by atoms with Crippen molar-refractivity contribution in [2.45, 2.75) is 52.2 Å². The van der Waals surface area contributed by atoms with Crippen molar-refractivity contribution in [1.29, 1.82) is 0 Å². The highest BCUT2D eigenvalue weighted by atomic mass is 16.5. The first-order valence-electron chi connectivity index (χ1n) is 5.75. The molecule has 5 nitrogen and oxygen atoms in total. The molecule has 0 saturated carbocycles. The smallest absolute Gasteiger partial charge is 0.229 e. The Morgan fingerprint density at radius 3 is 2.62 bits per heavy atom. The highest BCUT2D eigenvalue weighted by Gasteiger charge is 2.17. The lowest BCUT2D eigenvalue weighted by Gasteiger charge is -2.10. The number of hydrogen-bond donors (Lipinski definition) is 1. The number of nitrogens with zero attached hydrogens (tertiary/aromatic N) is 2. The molecule has 1 aromatic heterocycles. The van der Waals surface area contributed by atoms with E-state index in [4.69, 9.17) is 15.0 Å². The molecule has 0 bridgehead atoms. The van der Waals surface area contributed by atoms with Crippen molar-refractivity contribution < 1.29 is 9.26 Å². The molecule has 2 atom stereocenters. The van der Waals surface area contributed by atoms with E-state index < -0.39 is 0 Å². The van der Waals surface area contributed by atoms with Gasteiger partial charge in [0.1, 0.15) is 0 Å². The molecule has 92 valence electrons. The van der Waals surface area contributed by atoms with Crippen LogP contribution in [0.5, 0.6) is 0 Å². The Balaban J connectivity index is 2.56. The Kier molecular flexibility index (Phi) is 4.89. The summed E-state index contributed by atoms with van der Waals surface area (Å²) >= 11 is 0. The highest BCUT2D eigenvalue weighted by molar-refractivity contribution is 4.96. The van der Waals surface area contributed by atoms with Gasteiger partial charge in [0.2, 0.25) is 5.89 Å². The van der Waals surface area contributed by atoms with Crippen LogP contribution < -0.4 is 5.73 Å². The summed E-state index contributed by atoms with van der Waals surface area (Å²) in [6.45, 7) is 8.47. The Morgan fingerprint density at radius 2 is 2.06 bits per heavy atom. The Labute approximate surface area is 96.4 Å². The van der Waals surface area contributed by atoms with Gasteiger partial charge in [-0.2, -0.15) is 4.98 Å². The van der Waals surface area contributed by atoms with Gasteiger partial charge in [-0.05, 0) is 20.3 Å². The van der Waals surface area contributed by atoms with Crippen LogP contribution in [0.2, 0.25) is 0 Å². The molecule has 16 heavy (non-hydrogen) atoms. The van der Waals surface area contributed by atoms with Gasteiger partial charge in [0.25, 0.3) is 0 Å². The maximum Gasteiger partial charge on any atom is 0.229 e. The molecule has 5 heteroatoms. The molecule has 2 unspecified atom stereocenters. The molecule has 0 aliphatic heterocycles. The fourth-order valence-corrected chi connectivity index (χ4v) is 1.14. The SMILES string of the molecule is CCC(C)c1nc(C(N)COC(C)C)no1. The summed E-state index contributed by atoms with van der Waals surface area (Å²) in [5.41, 5.74) is 5.89. The first-order chi connectivity index (χ1) is 7.54. The number of ether oxygens (including phenoxy) is 1. The van der Waals surface area contributed by atoms with E-state index in [0.717, 1.165) is 6.42 Å². The summed E-state index contributed by atoms with van der Waals surface area (Å²) in [5, 5.41) is 3.87. The van der Waals surface area contributed by atoms with Crippen LogP contribution in [-0.2, 0) is 4.74 Å². The van der Waals surface area contributed by atoms with Gasteiger partial charge < -0.3 is 15.0 Å². The fraction of sp³-hybridized carbons (Fsp3) is 0.818. The van der Waals surface area contributed by atoms with E-state index in [1.54, 1.807) is 0 Å². The molecule has 2 N–H and O–H groups in total. The van der Waals surface area contributed by atoms with Crippen molar-refractivity contribution in [3.05, 3.63) is 11.7 Å². The van der Waals surface area contributed by atoms with Crippen LogP contribution in [0.1, 0.15) is 57.8 Å². The van der Waals surface area contributed by atoms with E-state index in [9.17, 15) is 0 Å². The topological polar surface area (TPSA) is 74.2 Å². The fourth-order valence-electron chi connectivity index (χ4n) is 1.14. The lowest BCUT2D eigenvalue weighted by atomic mass is 10.1. The molecule has 0 radical (unpaired) electrons. The molecular weight excluding hydrogens is 206 g/mol. The Hall–Kier alpha value is -0.940. The molecule has 0 spiro atoms. The van der Waals surface area contributed by atoms with Gasteiger partial charge >= 0.3 is 0 Å². The van der Waals surface area contributed by atoms with Crippen LogP contribution in [-0.4, -0.2) is 22.9 Å². The van der Waals surface area contributed by atoms with Gasteiger partial charge in [-0.25, -0.2) is 0 Å². The largest absolute Gasteiger partial charge is 0.377 e. The van der Waals surface area contributed by atoms with Gasteiger partial charge in [-0.15, -0.1) is 0 Å². The third-order valence-corrected chi connectivity index (χ3v) is 2.43. The second-order valence-corrected chi connectivity index (χ2v) is 4.29. The zero-order valence-electron chi connectivity index (χ0n) is 10.4. The van der Waals surface area contributed by atoms with Crippen LogP contribution >= 0.6 is 0 Å². The molecule has 1 rings (SSSR count). The summed E-state index contributed by atoms with van der Waals surface area (Å²) in [5.74, 6) is 1.45. The molecule has 0 fully saturated rings. The van der Waals surface area contributed by atoms with Crippen molar-refractivity contribution in [3.8, 4) is 0 Å². The summed E-state index contributed by atoms with van der Waals surface area (Å²) in [4.78, 5) is 4.28. The van der Waals surface area contributed by atoms with Gasteiger partial charge in [0, 0.05) is 5.92 Å². The lowest BCUT2D eigenvalue weighted by Crippen LogP contribution is -2.20. The summed E-state index contributed by atoms with van der Waals surface area (Å²) in [6, 6.07) is -0.316. The number of aromatic nitrogens is 2. The van der Waals surface area contributed by atoms with Crippen LogP contribution in [0.15, 0.2) is 4.52 Å². The number of rotatable bonds is 6. The van der Waals surface area contributed by atoms with Crippen molar-refractivity contribution in [2.24, 2.45) is 5.73 Å². The first-order valence-corrected chi connectivity index (χ1v) is 5.75.